The van der Waals surface area contributed by atoms with Crippen LogP contribution in [0.25, 0.3) is 0 Å². The molecule has 0 saturated heterocycles. The summed E-state index contributed by atoms with van der Waals surface area (Å²) in [5, 5.41) is 0.700. The number of ether oxygens (including phenoxy) is 1. The van der Waals surface area contributed by atoms with Crippen LogP contribution in [0.2, 0.25) is 5.02 Å². The molecule has 0 aromatic heterocycles. The minimum Gasteiger partial charge on any atom is -0.492 e. The molecule has 0 bridgehead atoms. The van der Waals surface area contributed by atoms with Crippen molar-refractivity contribution in [2.24, 2.45) is 5.84 Å². The van der Waals surface area contributed by atoms with Gasteiger partial charge in [-0.15, -0.1) is 0 Å². The van der Waals surface area contributed by atoms with Gasteiger partial charge in [-0.05, 0) is 50.1 Å². The molecule has 0 spiro atoms. The molecule has 0 heterocycles. The van der Waals surface area contributed by atoms with Crippen molar-refractivity contribution >= 4 is 11.6 Å². The average molecular weight is 305 g/mol. The topological polar surface area (TPSA) is 47.3 Å². The van der Waals surface area contributed by atoms with E-state index in [1.165, 1.54) is 16.7 Å². The summed E-state index contributed by atoms with van der Waals surface area (Å²) in [7, 11) is 0. The second-order valence-electron chi connectivity index (χ2n) is 5.33. The first-order valence-corrected chi connectivity index (χ1v) is 7.36. The second-order valence-corrected chi connectivity index (χ2v) is 5.77. The van der Waals surface area contributed by atoms with Gasteiger partial charge >= 0.3 is 0 Å². The standard InChI is InChI=1S/C17H21ClN2O/c1-12-7-13(2)9-14(8-12)10-16(20-19)11-21-17-5-3-15(18)4-6-17/h3-9,16,20H,10-11,19H2,1-2H3. The molecular formula is C17H21ClN2O. The molecule has 0 radical (unpaired) electrons. The van der Waals surface area contributed by atoms with Crippen molar-refractivity contribution in [2.75, 3.05) is 6.61 Å². The highest BCUT2D eigenvalue weighted by Crippen LogP contribution is 2.16. The van der Waals surface area contributed by atoms with Crippen LogP contribution >= 0.6 is 11.6 Å². The summed E-state index contributed by atoms with van der Waals surface area (Å²) in [4.78, 5) is 0. The van der Waals surface area contributed by atoms with Gasteiger partial charge < -0.3 is 4.74 Å². The minimum atomic E-state index is 0.0573. The van der Waals surface area contributed by atoms with E-state index in [0.29, 0.717) is 11.6 Å². The van der Waals surface area contributed by atoms with E-state index in [4.69, 9.17) is 22.2 Å². The summed E-state index contributed by atoms with van der Waals surface area (Å²) < 4.78 is 5.75. The van der Waals surface area contributed by atoms with Gasteiger partial charge in [0.2, 0.25) is 0 Å². The molecule has 1 atom stereocenters. The van der Waals surface area contributed by atoms with Crippen molar-refractivity contribution in [3.8, 4) is 5.75 Å². The van der Waals surface area contributed by atoms with Crippen molar-refractivity contribution in [1.82, 2.24) is 5.43 Å². The summed E-state index contributed by atoms with van der Waals surface area (Å²) in [5.74, 6) is 6.43. The number of halogens is 1. The Morgan fingerprint density at radius 2 is 1.71 bits per heavy atom. The van der Waals surface area contributed by atoms with Gasteiger partial charge in [0.15, 0.2) is 0 Å². The Morgan fingerprint density at radius 3 is 2.29 bits per heavy atom. The van der Waals surface area contributed by atoms with E-state index < -0.39 is 0 Å². The van der Waals surface area contributed by atoms with E-state index in [0.717, 1.165) is 12.2 Å². The van der Waals surface area contributed by atoms with Crippen LogP contribution in [0.15, 0.2) is 42.5 Å². The van der Waals surface area contributed by atoms with Crippen LogP contribution in [-0.4, -0.2) is 12.6 Å². The van der Waals surface area contributed by atoms with Crippen LogP contribution in [0.1, 0.15) is 16.7 Å². The number of aryl methyl sites for hydroxylation is 2. The summed E-state index contributed by atoms with van der Waals surface area (Å²) in [6.45, 7) is 4.71. The molecule has 0 fully saturated rings. The number of hydrogen-bond donors (Lipinski definition) is 2. The van der Waals surface area contributed by atoms with E-state index in [1.54, 1.807) is 0 Å². The molecule has 0 aliphatic rings. The molecule has 0 amide bonds. The Kier molecular flexibility index (Phi) is 5.62. The molecule has 2 aromatic carbocycles. The van der Waals surface area contributed by atoms with Crippen molar-refractivity contribution in [1.29, 1.82) is 0 Å². The van der Waals surface area contributed by atoms with Gasteiger partial charge in [-0.2, -0.15) is 0 Å². The molecule has 3 nitrogen and oxygen atoms in total. The molecule has 2 rings (SSSR count). The second kappa shape index (κ2) is 7.46. The number of nitrogens with two attached hydrogens (primary N) is 1. The van der Waals surface area contributed by atoms with E-state index in [-0.39, 0.29) is 6.04 Å². The Bertz CT molecular complexity index is 564. The van der Waals surface area contributed by atoms with Crippen molar-refractivity contribution in [2.45, 2.75) is 26.3 Å². The fourth-order valence-electron chi connectivity index (χ4n) is 2.36. The largest absolute Gasteiger partial charge is 0.492 e. The highest BCUT2D eigenvalue weighted by molar-refractivity contribution is 6.30. The van der Waals surface area contributed by atoms with Crippen LogP contribution in [0.3, 0.4) is 0 Å². The zero-order valence-electron chi connectivity index (χ0n) is 12.4. The summed E-state index contributed by atoms with van der Waals surface area (Å²) >= 11 is 5.85. The van der Waals surface area contributed by atoms with E-state index in [9.17, 15) is 0 Å². The van der Waals surface area contributed by atoms with Crippen LogP contribution in [-0.2, 0) is 6.42 Å². The summed E-state index contributed by atoms with van der Waals surface area (Å²) in [5.41, 5.74) is 6.61. The lowest BCUT2D eigenvalue weighted by atomic mass is 10.0. The monoisotopic (exact) mass is 304 g/mol. The zero-order valence-corrected chi connectivity index (χ0v) is 13.2. The molecule has 0 aliphatic heterocycles. The molecule has 0 saturated carbocycles. The SMILES string of the molecule is Cc1cc(C)cc(CC(COc2ccc(Cl)cc2)NN)c1. The third-order valence-electron chi connectivity index (χ3n) is 3.26. The Balaban J connectivity index is 1.95. The van der Waals surface area contributed by atoms with Gasteiger partial charge in [0.1, 0.15) is 12.4 Å². The quantitative estimate of drug-likeness (QED) is 0.635. The number of hydrogen-bond acceptors (Lipinski definition) is 3. The lowest BCUT2D eigenvalue weighted by Crippen LogP contribution is -2.41. The predicted octanol–water partition coefficient (Wildman–Crippen LogP) is 3.41. The van der Waals surface area contributed by atoms with Gasteiger partial charge in [0.05, 0.1) is 6.04 Å². The van der Waals surface area contributed by atoms with Gasteiger partial charge in [0.25, 0.3) is 0 Å². The summed E-state index contributed by atoms with van der Waals surface area (Å²) in [6, 6.07) is 13.9. The predicted molar refractivity (Wildman–Crippen MR) is 87.7 cm³/mol. The maximum Gasteiger partial charge on any atom is 0.119 e. The summed E-state index contributed by atoms with van der Waals surface area (Å²) in [6.07, 6.45) is 0.826. The fraction of sp³-hybridized carbons (Fsp3) is 0.294. The molecular weight excluding hydrogens is 284 g/mol. The first kappa shape index (κ1) is 15.8. The molecule has 112 valence electrons. The number of nitrogens with one attached hydrogen (secondary N) is 1. The molecule has 2 aromatic rings. The molecule has 0 aliphatic carbocycles. The van der Waals surface area contributed by atoms with Gasteiger partial charge in [0, 0.05) is 5.02 Å². The smallest absolute Gasteiger partial charge is 0.119 e. The van der Waals surface area contributed by atoms with E-state index in [2.05, 4.69) is 37.5 Å². The molecule has 4 heteroatoms. The highest BCUT2D eigenvalue weighted by atomic mass is 35.5. The van der Waals surface area contributed by atoms with Crippen LogP contribution < -0.4 is 16.0 Å². The highest BCUT2D eigenvalue weighted by Gasteiger charge is 2.09. The van der Waals surface area contributed by atoms with Gasteiger partial charge in [-0.1, -0.05) is 40.9 Å². The maximum absolute atomic E-state index is 5.85. The number of hydrazine groups is 1. The fourth-order valence-corrected chi connectivity index (χ4v) is 2.49. The van der Waals surface area contributed by atoms with Crippen molar-refractivity contribution in [3.05, 3.63) is 64.2 Å². The minimum absolute atomic E-state index is 0.0573. The Hall–Kier alpha value is -1.55. The Labute approximate surface area is 131 Å². The third-order valence-corrected chi connectivity index (χ3v) is 3.52. The van der Waals surface area contributed by atoms with E-state index in [1.807, 2.05) is 24.3 Å². The molecule has 21 heavy (non-hydrogen) atoms. The average Bonchev–Trinajstić information content (AvgIpc) is 2.44. The number of benzene rings is 2. The lowest BCUT2D eigenvalue weighted by molar-refractivity contribution is 0.264. The first-order chi connectivity index (χ1) is 10.1. The van der Waals surface area contributed by atoms with Gasteiger partial charge in [-0.3, -0.25) is 11.3 Å². The normalized spacial score (nSPS) is 12.2. The van der Waals surface area contributed by atoms with Gasteiger partial charge in [-0.25, -0.2) is 0 Å². The first-order valence-electron chi connectivity index (χ1n) is 6.98. The zero-order chi connectivity index (χ0) is 15.2. The Morgan fingerprint density at radius 1 is 1.10 bits per heavy atom. The van der Waals surface area contributed by atoms with Crippen molar-refractivity contribution < 1.29 is 4.74 Å². The van der Waals surface area contributed by atoms with E-state index >= 15 is 0 Å². The maximum atomic E-state index is 5.85. The lowest BCUT2D eigenvalue weighted by Gasteiger charge is -2.17. The molecule has 3 N–H and O–H groups in total. The van der Waals surface area contributed by atoms with Crippen LogP contribution in [0.5, 0.6) is 5.75 Å². The van der Waals surface area contributed by atoms with Crippen LogP contribution in [0.4, 0.5) is 0 Å². The van der Waals surface area contributed by atoms with Crippen LogP contribution in [0, 0.1) is 13.8 Å². The third kappa shape index (κ3) is 5.05. The van der Waals surface area contributed by atoms with Crippen molar-refractivity contribution in [3.63, 3.8) is 0 Å². The number of rotatable bonds is 6. The molecule has 1 unspecified atom stereocenters.